The van der Waals surface area contributed by atoms with E-state index in [0.717, 1.165) is 17.0 Å². The van der Waals surface area contributed by atoms with Gasteiger partial charge < -0.3 is 10.3 Å². The molecule has 9 nitrogen and oxygen atoms in total. The monoisotopic (exact) mass is 348 g/mol. The van der Waals surface area contributed by atoms with Crippen molar-refractivity contribution in [3.63, 3.8) is 0 Å². The number of tetrazole rings is 1. The third-order valence-corrected chi connectivity index (χ3v) is 3.95. The van der Waals surface area contributed by atoms with Crippen molar-refractivity contribution >= 4 is 17.1 Å². The number of carbonyl (C=O) groups excluding carboxylic acids is 1. The molecule has 9 heteroatoms. The number of aryl methyl sites for hydroxylation is 1. The molecule has 0 saturated carbocycles. The second kappa shape index (κ2) is 6.36. The fraction of sp³-hybridized carbons (Fsp3) is 0.176. The molecule has 4 rings (SSSR count). The van der Waals surface area contributed by atoms with Gasteiger partial charge >= 0.3 is 0 Å². The van der Waals surface area contributed by atoms with Gasteiger partial charge in [0.05, 0.1) is 22.8 Å². The van der Waals surface area contributed by atoms with Crippen molar-refractivity contribution < 1.29 is 4.79 Å². The molecule has 0 radical (unpaired) electrons. The summed E-state index contributed by atoms with van der Waals surface area (Å²) in [6.45, 7) is 3.67. The zero-order valence-electron chi connectivity index (χ0n) is 14.2. The number of para-hydroxylation sites is 1. The number of imidazole rings is 1. The number of amides is 1. The van der Waals surface area contributed by atoms with Gasteiger partial charge in [-0.25, -0.2) is 9.97 Å². The molecule has 3 aromatic heterocycles. The molecular formula is C17H16N8O. The average molecular weight is 348 g/mol. The van der Waals surface area contributed by atoms with Crippen LogP contribution in [-0.2, 0) is 0 Å². The summed E-state index contributed by atoms with van der Waals surface area (Å²) in [5.74, 6) is 1.03. The van der Waals surface area contributed by atoms with E-state index in [1.165, 1.54) is 6.20 Å². The first-order chi connectivity index (χ1) is 12.6. The summed E-state index contributed by atoms with van der Waals surface area (Å²) < 4.78 is 1.60. The molecule has 0 fully saturated rings. The Labute approximate surface area is 148 Å². The van der Waals surface area contributed by atoms with E-state index >= 15 is 0 Å². The number of hydrogen-bond acceptors (Lipinski definition) is 6. The van der Waals surface area contributed by atoms with Crippen molar-refractivity contribution in [2.24, 2.45) is 0 Å². The van der Waals surface area contributed by atoms with Gasteiger partial charge in [-0.05, 0) is 42.5 Å². The molecule has 3 heterocycles. The second-order valence-corrected chi connectivity index (χ2v) is 5.90. The molecule has 0 saturated heterocycles. The van der Waals surface area contributed by atoms with Crippen LogP contribution in [-0.4, -0.2) is 41.1 Å². The Morgan fingerprint density at radius 3 is 2.88 bits per heavy atom. The van der Waals surface area contributed by atoms with Gasteiger partial charge in [0.15, 0.2) is 11.5 Å². The summed E-state index contributed by atoms with van der Waals surface area (Å²) >= 11 is 0. The van der Waals surface area contributed by atoms with Crippen LogP contribution in [0, 0.1) is 6.92 Å². The third kappa shape index (κ3) is 2.90. The van der Waals surface area contributed by atoms with E-state index < -0.39 is 6.04 Å². The third-order valence-electron chi connectivity index (χ3n) is 3.95. The van der Waals surface area contributed by atoms with Gasteiger partial charge in [-0.3, -0.25) is 4.79 Å². The predicted octanol–water partition coefficient (Wildman–Crippen LogP) is 1.73. The number of nitrogens with zero attached hydrogens (tertiary/aromatic N) is 6. The van der Waals surface area contributed by atoms with Crippen LogP contribution in [0.1, 0.15) is 35.0 Å². The molecular weight excluding hydrogens is 332 g/mol. The van der Waals surface area contributed by atoms with Gasteiger partial charge in [0.1, 0.15) is 5.82 Å². The number of aromatic amines is 1. The highest BCUT2D eigenvalue weighted by Gasteiger charge is 2.19. The van der Waals surface area contributed by atoms with Gasteiger partial charge in [0.2, 0.25) is 0 Å². The van der Waals surface area contributed by atoms with Gasteiger partial charge in [-0.15, -0.1) is 5.10 Å². The SMILES string of the molecule is Cc1nc2ncc(C(=O)N[C@@H](C)c3nnnn3-c3ccccc3)cc2[nH]1. The quantitative estimate of drug-likeness (QED) is 0.580. The van der Waals surface area contributed by atoms with E-state index in [9.17, 15) is 4.79 Å². The number of carbonyl (C=O) groups is 1. The summed E-state index contributed by atoms with van der Waals surface area (Å²) in [4.78, 5) is 24.1. The largest absolute Gasteiger partial charge is 0.342 e. The number of fused-ring (bicyclic) bond motifs is 1. The summed E-state index contributed by atoms with van der Waals surface area (Å²) in [6.07, 6.45) is 1.50. The second-order valence-electron chi connectivity index (χ2n) is 5.90. The molecule has 1 atom stereocenters. The molecule has 1 amide bonds. The molecule has 130 valence electrons. The molecule has 0 aliphatic rings. The lowest BCUT2D eigenvalue weighted by Gasteiger charge is -2.13. The number of benzene rings is 1. The predicted molar refractivity (Wildman–Crippen MR) is 93.7 cm³/mol. The van der Waals surface area contributed by atoms with Crippen molar-refractivity contribution in [1.82, 2.24) is 40.5 Å². The van der Waals surface area contributed by atoms with E-state index in [1.807, 2.05) is 44.2 Å². The maximum absolute atomic E-state index is 12.6. The van der Waals surface area contributed by atoms with E-state index in [0.29, 0.717) is 17.0 Å². The van der Waals surface area contributed by atoms with Crippen molar-refractivity contribution in [2.75, 3.05) is 0 Å². The van der Waals surface area contributed by atoms with Crippen molar-refractivity contribution in [1.29, 1.82) is 0 Å². The first kappa shape index (κ1) is 15.9. The Kier molecular flexibility index (Phi) is 3.88. The van der Waals surface area contributed by atoms with Gasteiger partial charge in [0, 0.05) is 6.20 Å². The fourth-order valence-electron chi connectivity index (χ4n) is 2.71. The summed E-state index contributed by atoms with van der Waals surface area (Å²) in [5.41, 5.74) is 2.56. The lowest BCUT2D eigenvalue weighted by atomic mass is 10.2. The maximum Gasteiger partial charge on any atom is 0.253 e. The minimum atomic E-state index is -0.392. The van der Waals surface area contributed by atoms with E-state index in [-0.39, 0.29) is 5.91 Å². The normalized spacial score (nSPS) is 12.2. The van der Waals surface area contributed by atoms with E-state index in [4.69, 9.17) is 0 Å². The van der Waals surface area contributed by atoms with Crippen molar-refractivity contribution in [3.8, 4) is 5.69 Å². The number of pyridine rings is 1. The minimum absolute atomic E-state index is 0.262. The molecule has 1 aromatic carbocycles. The topological polar surface area (TPSA) is 114 Å². The molecule has 26 heavy (non-hydrogen) atoms. The highest BCUT2D eigenvalue weighted by molar-refractivity contribution is 5.96. The van der Waals surface area contributed by atoms with E-state index in [2.05, 4.69) is 35.8 Å². The first-order valence-corrected chi connectivity index (χ1v) is 8.09. The standard InChI is InChI=1S/C17H16N8O/c1-10(16-22-23-24-25(16)13-6-4-3-5-7-13)19-17(26)12-8-14-15(18-9-12)21-11(2)20-14/h3-10H,1-2H3,(H,19,26)(H,18,20,21)/t10-/m0/s1. The lowest BCUT2D eigenvalue weighted by Crippen LogP contribution is -2.28. The summed E-state index contributed by atoms with van der Waals surface area (Å²) in [7, 11) is 0. The Morgan fingerprint density at radius 2 is 2.08 bits per heavy atom. The van der Waals surface area contributed by atoms with Crippen LogP contribution in [0.15, 0.2) is 42.6 Å². The molecule has 2 N–H and O–H groups in total. The van der Waals surface area contributed by atoms with Crippen LogP contribution in [0.4, 0.5) is 0 Å². The zero-order valence-corrected chi connectivity index (χ0v) is 14.2. The van der Waals surface area contributed by atoms with Gasteiger partial charge in [0.25, 0.3) is 5.91 Å². The average Bonchev–Trinajstić information content (AvgIpc) is 3.27. The van der Waals surface area contributed by atoms with Crippen LogP contribution in [0.2, 0.25) is 0 Å². The minimum Gasteiger partial charge on any atom is -0.342 e. The molecule has 0 unspecified atom stereocenters. The highest BCUT2D eigenvalue weighted by atomic mass is 16.1. The number of nitrogens with one attached hydrogen (secondary N) is 2. The van der Waals surface area contributed by atoms with Crippen LogP contribution >= 0.6 is 0 Å². The summed E-state index contributed by atoms with van der Waals surface area (Å²) in [5, 5.41) is 14.7. The Morgan fingerprint density at radius 1 is 1.27 bits per heavy atom. The van der Waals surface area contributed by atoms with Gasteiger partial charge in [-0.2, -0.15) is 4.68 Å². The van der Waals surface area contributed by atoms with Crippen molar-refractivity contribution in [2.45, 2.75) is 19.9 Å². The molecule has 0 spiro atoms. The Hall–Kier alpha value is -3.62. The van der Waals surface area contributed by atoms with Crippen LogP contribution < -0.4 is 5.32 Å². The fourth-order valence-corrected chi connectivity index (χ4v) is 2.71. The van der Waals surface area contributed by atoms with Crippen LogP contribution in [0.5, 0.6) is 0 Å². The summed E-state index contributed by atoms with van der Waals surface area (Å²) in [6, 6.07) is 10.8. The van der Waals surface area contributed by atoms with Gasteiger partial charge in [-0.1, -0.05) is 18.2 Å². The number of hydrogen-bond donors (Lipinski definition) is 2. The Bertz CT molecular complexity index is 1070. The number of rotatable bonds is 4. The smallest absolute Gasteiger partial charge is 0.253 e. The molecule has 0 aliphatic heterocycles. The lowest BCUT2D eigenvalue weighted by molar-refractivity contribution is 0.0937. The number of aromatic nitrogens is 7. The molecule has 4 aromatic rings. The zero-order chi connectivity index (χ0) is 18.1. The van der Waals surface area contributed by atoms with Crippen LogP contribution in [0.25, 0.3) is 16.9 Å². The molecule has 0 aliphatic carbocycles. The first-order valence-electron chi connectivity index (χ1n) is 8.09. The van der Waals surface area contributed by atoms with Crippen molar-refractivity contribution in [3.05, 3.63) is 59.8 Å². The van der Waals surface area contributed by atoms with Crippen LogP contribution in [0.3, 0.4) is 0 Å². The Balaban J connectivity index is 1.57. The maximum atomic E-state index is 12.6. The molecule has 0 bridgehead atoms. The van der Waals surface area contributed by atoms with E-state index in [1.54, 1.807) is 10.7 Å². The number of H-pyrrole nitrogens is 1. The highest BCUT2D eigenvalue weighted by Crippen LogP contribution is 2.15.